The predicted molar refractivity (Wildman–Crippen MR) is 104 cm³/mol. The van der Waals surface area contributed by atoms with E-state index < -0.39 is 0 Å². The Labute approximate surface area is 161 Å². The van der Waals surface area contributed by atoms with Crippen LogP contribution in [0.4, 0.5) is 5.69 Å². The summed E-state index contributed by atoms with van der Waals surface area (Å²) < 4.78 is 5.17. The Hall–Kier alpha value is -2.08. The first kappa shape index (κ1) is 18.3. The van der Waals surface area contributed by atoms with Crippen molar-refractivity contribution < 1.29 is 14.3 Å². The molecule has 27 heavy (non-hydrogen) atoms. The van der Waals surface area contributed by atoms with E-state index in [1.165, 1.54) is 25.7 Å². The third-order valence-corrected chi connectivity index (χ3v) is 6.33. The highest BCUT2D eigenvalue weighted by Crippen LogP contribution is 2.29. The summed E-state index contributed by atoms with van der Waals surface area (Å²) in [6.07, 6.45) is 5.61. The molecule has 2 saturated heterocycles. The molecule has 1 atom stereocenters. The van der Waals surface area contributed by atoms with E-state index in [0.29, 0.717) is 13.0 Å². The summed E-state index contributed by atoms with van der Waals surface area (Å²) >= 11 is 0. The highest BCUT2D eigenvalue weighted by atomic mass is 16.5. The number of carbonyl (C=O) groups excluding carboxylic acids is 2. The standard InChI is InChI=1S/C21H29N3O3/c1-27-19-8-6-18(7-9-19)24-15-16(14-20(24)25)21(26)23-12-10-22(11-13-23)17-4-2-3-5-17/h6-9,16-17H,2-5,10-15H2,1H3/t16-/m0/s1. The number of hydrogen-bond donors (Lipinski definition) is 0. The Balaban J connectivity index is 1.33. The Bertz CT molecular complexity index is 676. The van der Waals surface area contributed by atoms with Crippen molar-refractivity contribution in [3.05, 3.63) is 24.3 Å². The van der Waals surface area contributed by atoms with Gasteiger partial charge < -0.3 is 14.5 Å². The molecule has 3 fully saturated rings. The molecule has 0 spiro atoms. The second kappa shape index (κ2) is 7.89. The number of rotatable bonds is 4. The molecule has 6 heteroatoms. The lowest BCUT2D eigenvalue weighted by molar-refractivity contribution is -0.137. The zero-order valence-corrected chi connectivity index (χ0v) is 16.1. The number of anilines is 1. The molecule has 146 valence electrons. The number of benzene rings is 1. The number of amides is 2. The van der Waals surface area contributed by atoms with E-state index in [0.717, 1.165) is 43.7 Å². The number of ether oxygens (including phenoxy) is 1. The minimum absolute atomic E-state index is 0.0307. The lowest BCUT2D eigenvalue weighted by Gasteiger charge is -2.38. The number of piperazine rings is 1. The summed E-state index contributed by atoms with van der Waals surface area (Å²) in [5.41, 5.74) is 0.835. The van der Waals surface area contributed by atoms with Crippen LogP contribution in [0.15, 0.2) is 24.3 Å². The van der Waals surface area contributed by atoms with Gasteiger partial charge in [0.1, 0.15) is 5.75 Å². The fraction of sp³-hybridized carbons (Fsp3) is 0.619. The fourth-order valence-corrected chi connectivity index (χ4v) is 4.72. The van der Waals surface area contributed by atoms with E-state index in [1.54, 1.807) is 12.0 Å². The molecule has 0 N–H and O–H groups in total. The van der Waals surface area contributed by atoms with Crippen LogP contribution in [0.1, 0.15) is 32.1 Å². The van der Waals surface area contributed by atoms with Crippen LogP contribution in [-0.4, -0.2) is 67.5 Å². The van der Waals surface area contributed by atoms with Gasteiger partial charge >= 0.3 is 0 Å². The zero-order chi connectivity index (χ0) is 18.8. The van der Waals surface area contributed by atoms with Gasteiger partial charge in [-0.1, -0.05) is 12.8 Å². The van der Waals surface area contributed by atoms with E-state index in [-0.39, 0.29) is 17.7 Å². The van der Waals surface area contributed by atoms with Crippen molar-refractivity contribution in [3.63, 3.8) is 0 Å². The van der Waals surface area contributed by atoms with E-state index in [4.69, 9.17) is 4.74 Å². The zero-order valence-electron chi connectivity index (χ0n) is 16.1. The summed E-state index contributed by atoms with van der Waals surface area (Å²) in [5, 5.41) is 0. The van der Waals surface area contributed by atoms with Crippen molar-refractivity contribution in [1.29, 1.82) is 0 Å². The highest BCUT2D eigenvalue weighted by Gasteiger charge is 2.38. The van der Waals surface area contributed by atoms with Crippen molar-refractivity contribution in [3.8, 4) is 5.75 Å². The summed E-state index contributed by atoms with van der Waals surface area (Å²) in [6, 6.07) is 8.18. The highest BCUT2D eigenvalue weighted by molar-refractivity contribution is 6.00. The topological polar surface area (TPSA) is 53.1 Å². The van der Waals surface area contributed by atoms with Crippen molar-refractivity contribution in [2.45, 2.75) is 38.1 Å². The van der Waals surface area contributed by atoms with Gasteiger partial charge in [0.15, 0.2) is 0 Å². The van der Waals surface area contributed by atoms with Crippen LogP contribution in [0.5, 0.6) is 5.75 Å². The maximum atomic E-state index is 13.0. The first-order valence-corrected chi connectivity index (χ1v) is 10.1. The van der Waals surface area contributed by atoms with Gasteiger partial charge in [-0.15, -0.1) is 0 Å². The average Bonchev–Trinajstić information content (AvgIpc) is 3.38. The van der Waals surface area contributed by atoms with Crippen LogP contribution >= 0.6 is 0 Å². The van der Waals surface area contributed by atoms with Gasteiger partial charge in [-0.25, -0.2) is 0 Å². The molecule has 2 heterocycles. The maximum Gasteiger partial charge on any atom is 0.228 e. The smallest absolute Gasteiger partial charge is 0.228 e. The minimum Gasteiger partial charge on any atom is -0.497 e. The minimum atomic E-state index is -0.224. The van der Waals surface area contributed by atoms with Crippen LogP contribution in [0.25, 0.3) is 0 Å². The third kappa shape index (κ3) is 3.81. The second-order valence-corrected chi connectivity index (χ2v) is 7.90. The van der Waals surface area contributed by atoms with E-state index in [2.05, 4.69) is 4.90 Å². The average molecular weight is 371 g/mol. The van der Waals surface area contributed by atoms with Crippen LogP contribution in [-0.2, 0) is 9.59 Å². The second-order valence-electron chi connectivity index (χ2n) is 7.90. The Morgan fingerprint density at radius 3 is 2.33 bits per heavy atom. The van der Waals surface area contributed by atoms with Crippen LogP contribution in [0, 0.1) is 5.92 Å². The van der Waals surface area contributed by atoms with Gasteiger partial charge in [-0.05, 0) is 37.1 Å². The molecule has 0 unspecified atom stereocenters. The van der Waals surface area contributed by atoms with Gasteiger partial charge in [0.25, 0.3) is 0 Å². The van der Waals surface area contributed by atoms with Crippen molar-refractivity contribution in [1.82, 2.24) is 9.80 Å². The molecule has 4 rings (SSSR count). The van der Waals surface area contributed by atoms with Crippen LogP contribution in [0.2, 0.25) is 0 Å². The van der Waals surface area contributed by atoms with Gasteiger partial charge in [0, 0.05) is 50.9 Å². The normalized spacial score (nSPS) is 24.6. The summed E-state index contributed by atoms with van der Waals surface area (Å²) in [7, 11) is 1.62. The molecule has 2 aliphatic heterocycles. The Kier molecular flexibility index (Phi) is 5.34. The first-order chi connectivity index (χ1) is 13.2. The third-order valence-electron chi connectivity index (χ3n) is 6.33. The van der Waals surface area contributed by atoms with Crippen LogP contribution < -0.4 is 9.64 Å². The van der Waals surface area contributed by atoms with Crippen LogP contribution in [0.3, 0.4) is 0 Å². The molecule has 1 aliphatic carbocycles. The Morgan fingerprint density at radius 2 is 1.70 bits per heavy atom. The predicted octanol–water partition coefficient (Wildman–Crippen LogP) is 2.13. The van der Waals surface area contributed by atoms with Crippen molar-refractivity contribution in [2.75, 3.05) is 44.7 Å². The summed E-state index contributed by atoms with van der Waals surface area (Å²) in [5.74, 6) is 0.712. The molecule has 6 nitrogen and oxygen atoms in total. The molecular formula is C21H29N3O3. The van der Waals surface area contributed by atoms with Gasteiger partial charge in [0.05, 0.1) is 13.0 Å². The molecule has 1 aromatic rings. The van der Waals surface area contributed by atoms with E-state index in [1.807, 2.05) is 29.2 Å². The first-order valence-electron chi connectivity index (χ1n) is 10.1. The number of hydrogen-bond acceptors (Lipinski definition) is 4. The molecule has 2 amide bonds. The monoisotopic (exact) mass is 371 g/mol. The molecule has 1 saturated carbocycles. The number of carbonyl (C=O) groups is 2. The number of methoxy groups -OCH3 is 1. The molecular weight excluding hydrogens is 342 g/mol. The Morgan fingerprint density at radius 1 is 1.04 bits per heavy atom. The maximum absolute atomic E-state index is 13.0. The quantitative estimate of drug-likeness (QED) is 0.814. The van der Waals surface area contributed by atoms with Gasteiger partial charge in [-0.3, -0.25) is 14.5 Å². The molecule has 0 radical (unpaired) electrons. The lowest BCUT2D eigenvalue weighted by atomic mass is 10.1. The molecule has 1 aromatic carbocycles. The lowest BCUT2D eigenvalue weighted by Crippen LogP contribution is -2.52. The largest absolute Gasteiger partial charge is 0.497 e. The fourth-order valence-electron chi connectivity index (χ4n) is 4.72. The van der Waals surface area contributed by atoms with Crippen molar-refractivity contribution >= 4 is 17.5 Å². The van der Waals surface area contributed by atoms with Crippen molar-refractivity contribution in [2.24, 2.45) is 5.92 Å². The molecule has 3 aliphatic rings. The van der Waals surface area contributed by atoms with E-state index in [9.17, 15) is 9.59 Å². The van der Waals surface area contributed by atoms with Gasteiger partial charge in [0.2, 0.25) is 11.8 Å². The molecule has 0 bridgehead atoms. The van der Waals surface area contributed by atoms with E-state index >= 15 is 0 Å². The summed E-state index contributed by atoms with van der Waals surface area (Å²) in [6.45, 7) is 4.01. The van der Waals surface area contributed by atoms with Gasteiger partial charge in [-0.2, -0.15) is 0 Å². The SMILES string of the molecule is COc1ccc(N2C[C@@H](C(=O)N3CCN(C4CCCC4)CC3)CC2=O)cc1. The summed E-state index contributed by atoms with van der Waals surface area (Å²) in [4.78, 5) is 31.7. The molecule has 0 aromatic heterocycles. The number of nitrogens with zero attached hydrogens (tertiary/aromatic N) is 3.